The van der Waals surface area contributed by atoms with Crippen LogP contribution in [-0.4, -0.2) is 21.7 Å². The number of rotatable bonds is 6. The summed E-state index contributed by atoms with van der Waals surface area (Å²) in [4.78, 5) is 24.7. The summed E-state index contributed by atoms with van der Waals surface area (Å²) < 4.78 is 7.42. The second-order valence-corrected chi connectivity index (χ2v) is 9.10. The van der Waals surface area contributed by atoms with Crippen LogP contribution in [0.2, 0.25) is 5.02 Å². The Kier molecular flexibility index (Phi) is 6.14. The number of carbonyl (C=O) groups is 2. The molecule has 1 N–H and O–H groups in total. The predicted molar refractivity (Wildman–Crippen MR) is 136 cm³/mol. The van der Waals surface area contributed by atoms with Crippen molar-refractivity contribution in [1.82, 2.24) is 9.78 Å². The lowest BCUT2D eigenvalue weighted by molar-refractivity contribution is -0.132. The summed E-state index contributed by atoms with van der Waals surface area (Å²) in [6, 6.07) is 22.3. The molecule has 1 aliphatic carbocycles. The van der Waals surface area contributed by atoms with E-state index in [0.717, 1.165) is 40.9 Å². The summed E-state index contributed by atoms with van der Waals surface area (Å²) >= 11 is 6.15. The summed E-state index contributed by atoms with van der Waals surface area (Å²) in [6.07, 6.45) is 2.09. The topological polar surface area (TPSA) is 73.2 Å². The van der Waals surface area contributed by atoms with Crippen molar-refractivity contribution >= 4 is 29.2 Å². The van der Waals surface area contributed by atoms with Crippen LogP contribution in [0.5, 0.6) is 5.88 Å². The number of nitrogens with one attached hydrogen (secondary N) is 1. The van der Waals surface area contributed by atoms with E-state index in [1.807, 2.05) is 55.5 Å². The van der Waals surface area contributed by atoms with E-state index >= 15 is 0 Å². The van der Waals surface area contributed by atoms with Gasteiger partial charge in [-0.2, -0.15) is 9.78 Å². The number of aromatic nitrogens is 2. The standard InChI is InChI=1S/C28H24ClN3O3/c1-17-7-15-22(16-8-17)32-28(35-18(2)33)25(26(31-32)20-9-10-20)19-11-13-21(14-12-19)30-27(34)23-5-3-4-6-24(23)29/h3-8,11-16,20H,9-10H2,1-2H3,(H,30,34). The van der Waals surface area contributed by atoms with Crippen LogP contribution >= 0.6 is 11.6 Å². The van der Waals surface area contributed by atoms with Crippen LogP contribution in [0.25, 0.3) is 16.8 Å². The van der Waals surface area contributed by atoms with Crippen LogP contribution < -0.4 is 10.1 Å². The highest BCUT2D eigenvalue weighted by atomic mass is 35.5. The van der Waals surface area contributed by atoms with E-state index in [0.29, 0.717) is 28.1 Å². The molecule has 1 aromatic heterocycles. The van der Waals surface area contributed by atoms with Gasteiger partial charge in [-0.05, 0) is 61.7 Å². The first-order chi connectivity index (χ1) is 16.9. The average Bonchev–Trinajstić information content (AvgIpc) is 3.62. The van der Waals surface area contributed by atoms with Gasteiger partial charge in [-0.1, -0.05) is 53.6 Å². The lowest BCUT2D eigenvalue weighted by Gasteiger charge is -2.11. The number of hydrogen-bond acceptors (Lipinski definition) is 4. The van der Waals surface area contributed by atoms with Gasteiger partial charge in [0, 0.05) is 18.5 Å². The maximum Gasteiger partial charge on any atom is 0.309 e. The van der Waals surface area contributed by atoms with Crippen molar-refractivity contribution in [3.05, 3.63) is 94.6 Å². The molecule has 1 aliphatic rings. The lowest BCUT2D eigenvalue weighted by atomic mass is 10.0. The van der Waals surface area contributed by atoms with Gasteiger partial charge in [-0.15, -0.1) is 0 Å². The van der Waals surface area contributed by atoms with Gasteiger partial charge >= 0.3 is 5.97 Å². The van der Waals surface area contributed by atoms with Gasteiger partial charge in [-0.25, -0.2) is 0 Å². The number of anilines is 1. The summed E-state index contributed by atoms with van der Waals surface area (Å²) in [5.41, 5.74) is 5.56. The van der Waals surface area contributed by atoms with Crippen LogP contribution in [0.4, 0.5) is 5.69 Å². The SMILES string of the molecule is CC(=O)Oc1c(-c2ccc(NC(=O)c3ccccc3Cl)cc2)c(C2CC2)nn1-c1ccc(C)cc1. The zero-order chi connectivity index (χ0) is 24.5. The van der Waals surface area contributed by atoms with Gasteiger partial charge in [0.1, 0.15) is 0 Å². The average molecular weight is 486 g/mol. The Morgan fingerprint density at radius 3 is 2.31 bits per heavy atom. The fourth-order valence-corrected chi connectivity index (χ4v) is 4.21. The third-order valence-corrected chi connectivity index (χ3v) is 6.23. The molecule has 1 heterocycles. The number of nitrogens with zero attached hydrogens (tertiary/aromatic N) is 2. The molecule has 0 aliphatic heterocycles. The molecule has 0 saturated heterocycles. The van der Waals surface area contributed by atoms with Gasteiger partial charge in [-0.3, -0.25) is 9.59 Å². The Morgan fingerprint density at radius 2 is 1.69 bits per heavy atom. The molecule has 0 bridgehead atoms. The normalized spacial score (nSPS) is 12.9. The second-order valence-electron chi connectivity index (χ2n) is 8.69. The molecule has 4 aromatic rings. The zero-order valence-corrected chi connectivity index (χ0v) is 20.2. The highest BCUT2D eigenvalue weighted by Crippen LogP contribution is 2.48. The minimum atomic E-state index is -0.412. The first-order valence-electron chi connectivity index (χ1n) is 11.5. The Morgan fingerprint density at radius 1 is 1.00 bits per heavy atom. The fraction of sp³-hybridized carbons (Fsp3) is 0.179. The summed E-state index contributed by atoms with van der Waals surface area (Å²) in [5.74, 6) is 0.0296. The van der Waals surface area contributed by atoms with E-state index in [1.165, 1.54) is 6.92 Å². The maximum atomic E-state index is 12.6. The summed E-state index contributed by atoms with van der Waals surface area (Å²) in [5, 5.41) is 8.15. The van der Waals surface area contributed by atoms with Gasteiger partial charge in [0.25, 0.3) is 5.91 Å². The summed E-state index contributed by atoms with van der Waals surface area (Å²) in [7, 11) is 0. The highest BCUT2D eigenvalue weighted by molar-refractivity contribution is 6.34. The molecule has 0 spiro atoms. The van der Waals surface area contributed by atoms with E-state index in [2.05, 4.69) is 5.32 Å². The Hall–Kier alpha value is -3.90. The molecule has 3 aromatic carbocycles. The van der Waals surface area contributed by atoms with Crippen molar-refractivity contribution in [1.29, 1.82) is 0 Å². The van der Waals surface area contributed by atoms with Crippen molar-refractivity contribution in [2.24, 2.45) is 0 Å². The number of hydrogen-bond donors (Lipinski definition) is 1. The fourth-order valence-electron chi connectivity index (χ4n) is 3.99. The molecule has 5 rings (SSSR count). The number of amides is 1. The molecule has 176 valence electrons. The number of aryl methyl sites for hydroxylation is 1. The molecule has 0 unspecified atom stereocenters. The number of benzene rings is 3. The van der Waals surface area contributed by atoms with Crippen molar-refractivity contribution in [3.8, 4) is 22.7 Å². The number of carbonyl (C=O) groups excluding carboxylic acids is 2. The predicted octanol–water partition coefficient (Wildman–Crippen LogP) is 6.56. The Labute approximate surface area is 208 Å². The van der Waals surface area contributed by atoms with E-state index in [4.69, 9.17) is 21.4 Å². The Balaban J connectivity index is 1.52. The molecule has 1 fully saturated rings. The molecule has 6 nitrogen and oxygen atoms in total. The van der Waals surface area contributed by atoms with Crippen molar-refractivity contribution in [2.75, 3.05) is 5.32 Å². The van der Waals surface area contributed by atoms with Crippen LogP contribution in [0.1, 0.15) is 47.3 Å². The molecule has 0 atom stereocenters. The second kappa shape index (κ2) is 9.39. The van der Waals surface area contributed by atoms with Gasteiger partial charge in [0.15, 0.2) is 0 Å². The zero-order valence-electron chi connectivity index (χ0n) is 19.4. The molecular weight excluding hydrogens is 462 g/mol. The van der Waals surface area contributed by atoms with Crippen molar-refractivity contribution < 1.29 is 14.3 Å². The Bertz CT molecular complexity index is 1400. The van der Waals surface area contributed by atoms with Crippen LogP contribution in [0.15, 0.2) is 72.8 Å². The molecule has 7 heteroatoms. The highest BCUT2D eigenvalue weighted by Gasteiger charge is 2.34. The van der Waals surface area contributed by atoms with Gasteiger partial charge in [0.05, 0.1) is 27.5 Å². The van der Waals surface area contributed by atoms with Gasteiger partial charge < -0.3 is 10.1 Å². The third-order valence-electron chi connectivity index (χ3n) is 5.90. The number of esters is 1. The minimum absolute atomic E-state index is 0.283. The first-order valence-corrected chi connectivity index (χ1v) is 11.8. The minimum Gasteiger partial charge on any atom is -0.407 e. The van der Waals surface area contributed by atoms with E-state index < -0.39 is 5.97 Å². The van der Waals surface area contributed by atoms with Crippen LogP contribution in [0, 0.1) is 6.92 Å². The maximum absolute atomic E-state index is 12.6. The molecule has 1 saturated carbocycles. The monoisotopic (exact) mass is 485 g/mol. The molecule has 0 radical (unpaired) electrons. The largest absolute Gasteiger partial charge is 0.407 e. The number of halogens is 1. The van der Waals surface area contributed by atoms with E-state index in [1.54, 1.807) is 28.9 Å². The quantitative estimate of drug-likeness (QED) is 0.314. The van der Waals surface area contributed by atoms with E-state index in [-0.39, 0.29) is 5.91 Å². The third kappa shape index (κ3) is 4.84. The molecule has 35 heavy (non-hydrogen) atoms. The van der Waals surface area contributed by atoms with E-state index in [9.17, 15) is 9.59 Å². The van der Waals surface area contributed by atoms with Gasteiger partial charge in [0.2, 0.25) is 5.88 Å². The van der Waals surface area contributed by atoms with Crippen LogP contribution in [0.3, 0.4) is 0 Å². The van der Waals surface area contributed by atoms with Crippen LogP contribution in [-0.2, 0) is 4.79 Å². The molecular formula is C28H24ClN3O3. The number of ether oxygens (including phenoxy) is 1. The smallest absolute Gasteiger partial charge is 0.309 e. The first kappa shape index (κ1) is 22.9. The summed E-state index contributed by atoms with van der Waals surface area (Å²) in [6.45, 7) is 3.41. The van der Waals surface area contributed by atoms with Crippen molar-refractivity contribution in [3.63, 3.8) is 0 Å². The molecule has 1 amide bonds. The van der Waals surface area contributed by atoms with Crippen molar-refractivity contribution in [2.45, 2.75) is 32.6 Å². The lowest BCUT2D eigenvalue weighted by Crippen LogP contribution is -2.12.